The summed E-state index contributed by atoms with van der Waals surface area (Å²) in [5.74, 6) is 0. The molecule has 0 aliphatic heterocycles. The van der Waals surface area contributed by atoms with E-state index in [0.717, 1.165) is 5.49 Å². The second-order valence-corrected chi connectivity index (χ2v) is 1.77. The second-order valence-electron chi connectivity index (χ2n) is 1.77. The highest BCUT2D eigenvalue weighted by atomic mass is 15.0. The van der Waals surface area contributed by atoms with Gasteiger partial charge in [-0.3, -0.25) is 9.98 Å². The van der Waals surface area contributed by atoms with Gasteiger partial charge in [0.05, 0.1) is 6.20 Å². The van der Waals surface area contributed by atoms with Crippen molar-refractivity contribution in [3.63, 3.8) is 0 Å². The van der Waals surface area contributed by atoms with E-state index in [1.807, 2.05) is 31.7 Å². The zero-order chi connectivity index (χ0) is 8.69. The zero-order valence-electron chi connectivity index (χ0n) is 7.57. The lowest BCUT2D eigenvalue weighted by atomic mass is 10.7. The lowest BCUT2D eigenvalue weighted by Crippen LogP contribution is -2.16. The lowest BCUT2D eigenvalue weighted by molar-refractivity contribution is 0.809. The summed E-state index contributed by atoms with van der Waals surface area (Å²) in [6.45, 7) is 4.00. The zero-order valence-corrected chi connectivity index (χ0v) is 7.57. The third-order valence-electron chi connectivity index (χ3n) is 1.16. The van der Waals surface area contributed by atoms with Crippen molar-refractivity contribution in [2.45, 2.75) is 13.8 Å². The molecule has 0 aliphatic carbocycles. The minimum absolute atomic E-state index is 0.887. The van der Waals surface area contributed by atoms with Crippen LogP contribution in [0.4, 0.5) is 0 Å². The summed E-state index contributed by atoms with van der Waals surface area (Å²) in [5.41, 5.74) is 0.887. The van der Waals surface area contributed by atoms with E-state index in [9.17, 15) is 0 Å². The number of nitrogens with zero attached hydrogens (tertiary/aromatic N) is 3. The first kappa shape index (κ1) is 9.88. The highest BCUT2D eigenvalue weighted by Gasteiger charge is 1.79. The Kier molecular flexibility index (Phi) is 5.07. The van der Waals surface area contributed by atoms with Gasteiger partial charge in [-0.05, 0) is 0 Å². The van der Waals surface area contributed by atoms with Crippen molar-refractivity contribution in [3.8, 4) is 0 Å². The van der Waals surface area contributed by atoms with Gasteiger partial charge in [0.2, 0.25) is 0 Å². The van der Waals surface area contributed by atoms with Gasteiger partial charge in [0.25, 0.3) is 0 Å². The van der Waals surface area contributed by atoms with Crippen LogP contribution < -0.4 is 5.49 Å². The van der Waals surface area contributed by atoms with Crippen molar-refractivity contribution >= 4 is 0 Å². The number of aryl methyl sites for hydroxylation is 1. The van der Waals surface area contributed by atoms with Crippen LogP contribution in [0.1, 0.15) is 13.8 Å². The van der Waals surface area contributed by atoms with Crippen molar-refractivity contribution in [3.05, 3.63) is 24.1 Å². The summed E-state index contributed by atoms with van der Waals surface area (Å²) >= 11 is 0. The standard InChI is InChI=1S/C6H9N3.C2H6/c1-7-6-5-8-3-4-9(6)2;1-2/h3-5H,1-2H3;1-2H3. The Balaban J connectivity index is 0.000000461. The third kappa shape index (κ3) is 2.98. The van der Waals surface area contributed by atoms with E-state index in [1.54, 1.807) is 19.4 Å². The molecule has 0 aliphatic rings. The molecule has 3 nitrogen and oxygen atoms in total. The fraction of sp³-hybridized carbons (Fsp3) is 0.500. The van der Waals surface area contributed by atoms with Gasteiger partial charge in [0.15, 0.2) is 0 Å². The topological polar surface area (TPSA) is 30.2 Å². The SMILES string of the molecule is CC.CN=c1cnccn1C. The molecule has 0 saturated heterocycles. The molecule has 0 fully saturated rings. The van der Waals surface area contributed by atoms with Crippen LogP contribution in [0.3, 0.4) is 0 Å². The van der Waals surface area contributed by atoms with Gasteiger partial charge in [0.1, 0.15) is 5.49 Å². The molecule has 0 atom stereocenters. The van der Waals surface area contributed by atoms with Crippen molar-refractivity contribution in [2.24, 2.45) is 12.0 Å². The predicted octanol–water partition coefficient (Wildman–Crippen LogP) is 0.977. The van der Waals surface area contributed by atoms with Gasteiger partial charge in [-0.15, -0.1) is 0 Å². The van der Waals surface area contributed by atoms with E-state index in [1.165, 1.54) is 0 Å². The fourth-order valence-corrected chi connectivity index (χ4v) is 0.631. The predicted molar refractivity (Wildman–Crippen MR) is 46.0 cm³/mol. The van der Waals surface area contributed by atoms with Gasteiger partial charge in [-0.25, -0.2) is 0 Å². The minimum atomic E-state index is 0.887. The van der Waals surface area contributed by atoms with Crippen LogP contribution in [0.5, 0.6) is 0 Å². The number of hydrogen-bond acceptors (Lipinski definition) is 2. The van der Waals surface area contributed by atoms with Crippen LogP contribution >= 0.6 is 0 Å². The normalized spacial score (nSPS) is 10.4. The third-order valence-corrected chi connectivity index (χ3v) is 1.16. The van der Waals surface area contributed by atoms with Crippen molar-refractivity contribution < 1.29 is 0 Å². The minimum Gasteiger partial charge on any atom is -0.334 e. The van der Waals surface area contributed by atoms with Crippen LogP contribution in [0.25, 0.3) is 0 Å². The molecule has 0 bridgehead atoms. The Morgan fingerprint density at radius 2 is 2.09 bits per heavy atom. The van der Waals surface area contributed by atoms with Crippen molar-refractivity contribution in [1.29, 1.82) is 0 Å². The summed E-state index contributed by atoms with van der Waals surface area (Å²) in [4.78, 5) is 7.87. The molecule has 0 unspecified atom stereocenters. The molecule has 0 amide bonds. The Labute approximate surface area is 67.4 Å². The molecule has 11 heavy (non-hydrogen) atoms. The molecule has 0 spiro atoms. The molecule has 0 aromatic carbocycles. The molecule has 1 aromatic heterocycles. The average Bonchev–Trinajstić information content (AvgIpc) is 2.09. The Morgan fingerprint density at radius 3 is 2.45 bits per heavy atom. The number of aromatic nitrogens is 2. The molecule has 1 rings (SSSR count). The van der Waals surface area contributed by atoms with Gasteiger partial charge in [0, 0.05) is 26.5 Å². The van der Waals surface area contributed by atoms with Crippen molar-refractivity contribution in [2.75, 3.05) is 7.05 Å². The van der Waals surface area contributed by atoms with Gasteiger partial charge >= 0.3 is 0 Å². The molecule has 3 heteroatoms. The number of rotatable bonds is 0. The van der Waals surface area contributed by atoms with Crippen LogP contribution in [0, 0.1) is 0 Å². The summed E-state index contributed by atoms with van der Waals surface area (Å²) in [6, 6.07) is 0. The highest BCUT2D eigenvalue weighted by Crippen LogP contribution is 1.68. The molecule has 0 saturated carbocycles. The van der Waals surface area contributed by atoms with E-state index < -0.39 is 0 Å². The van der Waals surface area contributed by atoms with Gasteiger partial charge in [-0.1, -0.05) is 13.8 Å². The monoisotopic (exact) mass is 153 g/mol. The largest absolute Gasteiger partial charge is 0.334 e. The Morgan fingerprint density at radius 1 is 1.45 bits per heavy atom. The first-order valence-corrected chi connectivity index (χ1v) is 3.74. The van der Waals surface area contributed by atoms with E-state index in [0.29, 0.717) is 0 Å². The van der Waals surface area contributed by atoms with Gasteiger partial charge in [-0.2, -0.15) is 0 Å². The first-order valence-electron chi connectivity index (χ1n) is 3.74. The van der Waals surface area contributed by atoms with Crippen LogP contribution in [0.15, 0.2) is 23.6 Å². The maximum absolute atomic E-state index is 3.97. The molecule has 62 valence electrons. The Bertz CT molecular complexity index is 250. The van der Waals surface area contributed by atoms with E-state index in [4.69, 9.17) is 0 Å². The molecule has 1 heterocycles. The summed E-state index contributed by atoms with van der Waals surface area (Å²) < 4.78 is 1.91. The summed E-state index contributed by atoms with van der Waals surface area (Å²) in [6.07, 6.45) is 5.32. The quantitative estimate of drug-likeness (QED) is 0.546. The van der Waals surface area contributed by atoms with Crippen molar-refractivity contribution in [1.82, 2.24) is 9.55 Å². The smallest absolute Gasteiger partial charge is 0.145 e. The highest BCUT2D eigenvalue weighted by molar-refractivity contribution is 4.76. The summed E-state index contributed by atoms with van der Waals surface area (Å²) in [7, 11) is 3.68. The second kappa shape index (κ2) is 5.65. The average molecular weight is 153 g/mol. The van der Waals surface area contributed by atoms with Crippen LogP contribution in [-0.2, 0) is 7.05 Å². The number of hydrogen-bond donors (Lipinski definition) is 0. The first-order chi connectivity index (χ1) is 5.34. The van der Waals surface area contributed by atoms with Crippen LogP contribution in [0.2, 0.25) is 0 Å². The molecular weight excluding hydrogens is 138 g/mol. The molecule has 0 radical (unpaired) electrons. The summed E-state index contributed by atoms with van der Waals surface area (Å²) in [5, 5.41) is 0. The maximum Gasteiger partial charge on any atom is 0.145 e. The van der Waals surface area contributed by atoms with E-state index >= 15 is 0 Å². The lowest BCUT2D eigenvalue weighted by Gasteiger charge is -1.93. The van der Waals surface area contributed by atoms with E-state index in [-0.39, 0.29) is 0 Å². The van der Waals surface area contributed by atoms with Crippen LogP contribution in [-0.4, -0.2) is 16.6 Å². The van der Waals surface area contributed by atoms with Gasteiger partial charge < -0.3 is 4.57 Å². The Hall–Kier alpha value is -1.12. The maximum atomic E-state index is 3.97. The van der Waals surface area contributed by atoms with E-state index in [2.05, 4.69) is 9.98 Å². The molecule has 1 aromatic rings. The fourth-order valence-electron chi connectivity index (χ4n) is 0.631. The molecule has 0 N–H and O–H groups in total. The molecular formula is C8H15N3.